The number of aromatic hydroxyl groups is 2. The highest BCUT2D eigenvalue weighted by Gasteiger charge is 2.19. The van der Waals surface area contributed by atoms with Crippen LogP contribution in [0.15, 0.2) is 11.6 Å². The minimum absolute atomic E-state index is 0.0988. The molecule has 0 radical (unpaired) electrons. The maximum absolute atomic E-state index is 11.1. The van der Waals surface area contributed by atoms with Crippen LogP contribution in [-0.2, 0) is 6.42 Å². The van der Waals surface area contributed by atoms with Crippen LogP contribution in [0, 0.1) is 12.8 Å². The van der Waals surface area contributed by atoms with Gasteiger partial charge in [-0.2, -0.15) is 0 Å². The molecule has 0 fully saturated rings. The van der Waals surface area contributed by atoms with Crippen LogP contribution >= 0.6 is 11.6 Å². The molecular formula is C19H27ClO4. The van der Waals surface area contributed by atoms with Gasteiger partial charge in [-0.3, -0.25) is 4.79 Å². The van der Waals surface area contributed by atoms with Crippen molar-refractivity contribution in [1.82, 2.24) is 0 Å². The fourth-order valence-corrected chi connectivity index (χ4v) is 2.76. The standard InChI is InChI=1S/C19H27ClO4/c1-11(6-5-7-12(2)14(4)22)8-9-15-18(23)16(10-21)13(3)17(20)19(15)24/h8,10,12,14,22-24H,5-7,9H2,1-4H3/b11-8+/t12?,14-/m0/s1. The Balaban J connectivity index is 2.83. The molecule has 0 saturated carbocycles. The first kappa shape index (κ1) is 20.5. The van der Waals surface area contributed by atoms with Gasteiger partial charge in [0.05, 0.1) is 16.7 Å². The number of aliphatic hydroxyl groups excluding tert-OH is 1. The fraction of sp³-hybridized carbons (Fsp3) is 0.526. The lowest BCUT2D eigenvalue weighted by molar-refractivity contribution is 0.112. The minimum atomic E-state index is -0.306. The summed E-state index contributed by atoms with van der Waals surface area (Å²) in [5.74, 6) is -0.128. The van der Waals surface area contributed by atoms with Crippen molar-refractivity contribution in [2.45, 2.75) is 59.5 Å². The van der Waals surface area contributed by atoms with Crippen molar-refractivity contribution in [2.24, 2.45) is 5.92 Å². The van der Waals surface area contributed by atoms with Crippen LogP contribution in [0.2, 0.25) is 5.02 Å². The Morgan fingerprint density at radius 3 is 2.42 bits per heavy atom. The molecule has 0 aliphatic rings. The minimum Gasteiger partial charge on any atom is -0.507 e. The second kappa shape index (κ2) is 9.09. The van der Waals surface area contributed by atoms with E-state index < -0.39 is 0 Å². The highest BCUT2D eigenvalue weighted by atomic mass is 35.5. The summed E-state index contributed by atoms with van der Waals surface area (Å²) in [6.07, 6.45) is 5.23. The van der Waals surface area contributed by atoms with Crippen LogP contribution in [0.4, 0.5) is 0 Å². The molecule has 1 rings (SSSR count). The van der Waals surface area contributed by atoms with Gasteiger partial charge in [-0.25, -0.2) is 0 Å². The molecule has 0 saturated heterocycles. The van der Waals surface area contributed by atoms with E-state index in [2.05, 4.69) is 0 Å². The SMILES string of the molecule is C/C(=C\Cc1c(O)c(Cl)c(C)c(C=O)c1O)CCCC(C)[C@H](C)O. The van der Waals surface area contributed by atoms with Gasteiger partial charge >= 0.3 is 0 Å². The molecule has 0 spiro atoms. The van der Waals surface area contributed by atoms with Crippen molar-refractivity contribution < 1.29 is 20.1 Å². The number of carbonyl (C=O) groups is 1. The Kier molecular flexibility index (Phi) is 7.77. The lowest BCUT2D eigenvalue weighted by Gasteiger charge is -2.14. The molecule has 3 N–H and O–H groups in total. The Morgan fingerprint density at radius 1 is 1.25 bits per heavy atom. The molecule has 0 bridgehead atoms. The van der Waals surface area contributed by atoms with Crippen LogP contribution in [0.25, 0.3) is 0 Å². The summed E-state index contributed by atoms with van der Waals surface area (Å²) in [7, 11) is 0. The predicted molar refractivity (Wildman–Crippen MR) is 97.1 cm³/mol. The van der Waals surface area contributed by atoms with Gasteiger partial charge < -0.3 is 15.3 Å². The number of hydrogen-bond donors (Lipinski definition) is 3. The quantitative estimate of drug-likeness (QED) is 0.472. The Labute approximate surface area is 148 Å². The third kappa shape index (κ3) is 4.99. The molecule has 5 heteroatoms. The number of halogens is 1. The Hall–Kier alpha value is -1.52. The molecule has 1 aromatic carbocycles. The van der Waals surface area contributed by atoms with Crippen LogP contribution in [0.5, 0.6) is 11.5 Å². The normalized spacial score (nSPS) is 14.5. The first-order valence-corrected chi connectivity index (χ1v) is 8.60. The number of aldehydes is 1. The largest absolute Gasteiger partial charge is 0.507 e. The van der Waals surface area contributed by atoms with Crippen LogP contribution < -0.4 is 0 Å². The number of hydrogen-bond acceptors (Lipinski definition) is 4. The second-order valence-corrected chi connectivity index (χ2v) is 6.89. The highest BCUT2D eigenvalue weighted by molar-refractivity contribution is 6.33. The third-order valence-electron chi connectivity index (χ3n) is 4.59. The molecule has 0 heterocycles. The lowest BCUT2D eigenvalue weighted by atomic mass is 9.96. The molecule has 2 atom stereocenters. The van der Waals surface area contributed by atoms with Gasteiger partial charge in [0, 0.05) is 5.56 Å². The molecule has 24 heavy (non-hydrogen) atoms. The number of phenols is 2. The summed E-state index contributed by atoms with van der Waals surface area (Å²) < 4.78 is 0. The molecule has 0 amide bonds. The molecule has 1 unspecified atom stereocenters. The van der Waals surface area contributed by atoms with E-state index in [0.717, 1.165) is 24.8 Å². The summed E-state index contributed by atoms with van der Waals surface area (Å²) in [4.78, 5) is 11.1. The van der Waals surface area contributed by atoms with Gasteiger partial charge in [0.25, 0.3) is 0 Å². The van der Waals surface area contributed by atoms with Gasteiger partial charge in [-0.15, -0.1) is 0 Å². The zero-order valence-corrected chi connectivity index (χ0v) is 15.5. The molecule has 0 aliphatic carbocycles. The van der Waals surface area contributed by atoms with Crippen molar-refractivity contribution in [2.75, 3.05) is 0 Å². The van der Waals surface area contributed by atoms with Crippen LogP contribution in [-0.4, -0.2) is 27.7 Å². The van der Waals surface area contributed by atoms with Gasteiger partial charge in [0.2, 0.25) is 0 Å². The second-order valence-electron chi connectivity index (χ2n) is 6.51. The maximum atomic E-state index is 11.1. The number of carbonyl (C=O) groups excluding carboxylic acids is 1. The summed E-state index contributed by atoms with van der Waals surface area (Å²) in [6, 6.07) is 0. The van der Waals surface area contributed by atoms with Gasteiger partial charge in [-0.1, -0.05) is 30.2 Å². The van der Waals surface area contributed by atoms with Crippen molar-refractivity contribution in [1.29, 1.82) is 0 Å². The average Bonchev–Trinajstić information content (AvgIpc) is 2.53. The number of aliphatic hydroxyl groups is 1. The van der Waals surface area contributed by atoms with E-state index in [0.29, 0.717) is 18.3 Å². The van der Waals surface area contributed by atoms with Crippen LogP contribution in [0.1, 0.15) is 61.5 Å². The summed E-state index contributed by atoms with van der Waals surface area (Å²) in [5.41, 5.74) is 1.88. The van der Waals surface area contributed by atoms with Crippen LogP contribution in [0.3, 0.4) is 0 Å². The predicted octanol–water partition coefficient (Wildman–Crippen LogP) is 4.55. The van der Waals surface area contributed by atoms with E-state index in [1.165, 1.54) is 0 Å². The Morgan fingerprint density at radius 2 is 1.88 bits per heavy atom. The summed E-state index contributed by atoms with van der Waals surface area (Å²) in [5, 5.41) is 29.9. The van der Waals surface area contributed by atoms with E-state index in [4.69, 9.17) is 11.6 Å². The monoisotopic (exact) mass is 354 g/mol. The number of benzene rings is 1. The third-order valence-corrected chi connectivity index (χ3v) is 5.06. The van der Waals surface area contributed by atoms with Crippen molar-refractivity contribution in [3.8, 4) is 11.5 Å². The topological polar surface area (TPSA) is 77.8 Å². The van der Waals surface area contributed by atoms with Crippen molar-refractivity contribution in [3.05, 3.63) is 33.4 Å². The number of allylic oxidation sites excluding steroid dienone is 2. The van der Waals surface area contributed by atoms with E-state index in [1.54, 1.807) is 13.8 Å². The van der Waals surface area contributed by atoms with E-state index >= 15 is 0 Å². The molecule has 0 aromatic heterocycles. The molecule has 0 aliphatic heterocycles. The van der Waals surface area contributed by atoms with E-state index in [-0.39, 0.29) is 39.7 Å². The number of phenolic OH excluding ortho intramolecular Hbond substituents is 2. The molecule has 1 aromatic rings. The smallest absolute Gasteiger partial charge is 0.154 e. The zero-order valence-electron chi connectivity index (χ0n) is 14.8. The molecule has 4 nitrogen and oxygen atoms in total. The highest BCUT2D eigenvalue weighted by Crippen LogP contribution is 2.40. The molecule has 134 valence electrons. The molecular weight excluding hydrogens is 328 g/mol. The first-order valence-electron chi connectivity index (χ1n) is 8.22. The first-order chi connectivity index (χ1) is 11.2. The van der Waals surface area contributed by atoms with Gasteiger partial charge in [0.1, 0.15) is 11.5 Å². The van der Waals surface area contributed by atoms with Gasteiger partial charge in [-0.05, 0) is 57.9 Å². The van der Waals surface area contributed by atoms with Gasteiger partial charge in [0.15, 0.2) is 6.29 Å². The fourth-order valence-electron chi connectivity index (χ4n) is 2.54. The lowest BCUT2D eigenvalue weighted by Crippen LogP contribution is -2.12. The zero-order chi connectivity index (χ0) is 18.4. The average molecular weight is 355 g/mol. The van der Waals surface area contributed by atoms with Crippen molar-refractivity contribution >= 4 is 17.9 Å². The van der Waals surface area contributed by atoms with E-state index in [9.17, 15) is 20.1 Å². The van der Waals surface area contributed by atoms with Crippen molar-refractivity contribution in [3.63, 3.8) is 0 Å². The summed E-state index contributed by atoms with van der Waals surface area (Å²) in [6.45, 7) is 7.39. The Bertz CT molecular complexity index is 621. The maximum Gasteiger partial charge on any atom is 0.154 e. The number of rotatable bonds is 8. The summed E-state index contributed by atoms with van der Waals surface area (Å²) >= 11 is 6.04. The van der Waals surface area contributed by atoms with E-state index in [1.807, 2.05) is 19.9 Å².